The molecule has 4 aromatic rings. The number of nitrogens with zero attached hydrogens (tertiary/aromatic N) is 1. The van der Waals surface area contributed by atoms with Gasteiger partial charge in [0.25, 0.3) is 5.91 Å². The van der Waals surface area contributed by atoms with E-state index in [-0.39, 0.29) is 17.4 Å². The number of phenols is 2. The highest BCUT2D eigenvalue weighted by Crippen LogP contribution is 2.42. The lowest BCUT2D eigenvalue weighted by Gasteiger charge is -2.23. The summed E-state index contributed by atoms with van der Waals surface area (Å²) < 4.78 is 0. The highest BCUT2D eigenvalue weighted by molar-refractivity contribution is 6.12. The normalized spacial score (nSPS) is 12.8. The van der Waals surface area contributed by atoms with Crippen LogP contribution < -0.4 is 4.90 Å². The molecule has 1 heterocycles. The molecule has 5 rings (SSSR count). The van der Waals surface area contributed by atoms with E-state index in [0.29, 0.717) is 6.54 Å². The van der Waals surface area contributed by atoms with Crippen LogP contribution in [0.4, 0.5) is 5.69 Å². The van der Waals surface area contributed by atoms with E-state index in [1.807, 2.05) is 66.7 Å². The zero-order valence-corrected chi connectivity index (χ0v) is 16.1. The predicted octanol–water partition coefficient (Wildman–Crippen LogP) is 5.59. The Morgan fingerprint density at radius 3 is 1.90 bits per heavy atom. The number of hydrogen-bond donors (Lipinski definition) is 2. The average molecular weight is 393 g/mol. The van der Waals surface area contributed by atoms with Gasteiger partial charge >= 0.3 is 0 Å². The second-order valence-corrected chi connectivity index (χ2v) is 7.34. The van der Waals surface area contributed by atoms with Gasteiger partial charge in [0, 0.05) is 11.1 Å². The first-order chi connectivity index (χ1) is 14.6. The molecule has 1 aliphatic heterocycles. The maximum Gasteiger partial charge on any atom is 0.258 e. The number of phenolic OH excluding ortho intramolecular Hbond substituents is 2. The highest BCUT2D eigenvalue weighted by atomic mass is 16.3. The van der Waals surface area contributed by atoms with Gasteiger partial charge in [-0.15, -0.1) is 0 Å². The summed E-state index contributed by atoms with van der Waals surface area (Å²) >= 11 is 0. The molecule has 0 spiro atoms. The van der Waals surface area contributed by atoms with Crippen molar-refractivity contribution in [3.05, 3.63) is 102 Å². The number of rotatable bonds is 3. The van der Waals surface area contributed by atoms with Crippen molar-refractivity contribution < 1.29 is 15.0 Å². The van der Waals surface area contributed by atoms with Crippen LogP contribution >= 0.6 is 0 Å². The van der Waals surface area contributed by atoms with Gasteiger partial charge in [0.2, 0.25) is 0 Å². The summed E-state index contributed by atoms with van der Waals surface area (Å²) in [6, 6.07) is 27.6. The first-order valence-electron chi connectivity index (χ1n) is 9.73. The molecule has 0 saturated heterocycles. The summed E-state index contributed by atoms with van der Waals surface area (Å²) in [5.74, 6) is 0.367. The number of hydrogen-bond acceptors (Lipinski definition) is 3. The van der Waals surface area contributed by atoms with E-state index in [0.717, 1.165) is 39.1 Å². The van der Waals surface area contributed by atoms with Gasteiger partial charge in [-0.05, 0) is 58.7 Å². The molecule has 0 fully saturated rings. The molecule has 4 heteroatoms. The number of carbonyl (C=O) groups excluding carboxylic acids is 1. The van der Waals surface area contributed by atoms with Crippen molar-refractivity contribution in [1.29, 1.82) is 0 Å². The van der Waals surface area contributed by atoms with Gasteiger partial charge in [0.15, 0.2) is 0 Å². The Morgan fingerprint density at radius 2 is 1.23 bits per heavy atom. The molecule has 30 heavy (non-hydrogen) atoms. The summed E-state index contributed by atoms with van der Waals surface area (Å²) in [6.07, 6.45) is 0. The topological polar surface area (TPSA) is 60.8 Å². The van der Waals surface area contributed by atoms with Crippen LogP contribution in [-0.2, 0) is 6.54 Å². The molecule has 0 unspecified atom stereocenters. The van der Waals surface area contributed by atoms with Crippen LogP contribution in [0.25, 0.3) is 22.3 Å². The van der Waals surface area contributed by atoms with Crippen molar-refractivity contribution in [1.82, 2.24) is 0 Å². The maximum atomic E-state index is 13.2. The maximum absolute atomic E-state index is 13.2. The van der Waals surface area contributed by atoms with Crippen LogP contribution in [0.2, 0.25) is 0 Å². The van der Waals surface area contributed by atoms with Gasteiger partial charge < -0.3 is 15.1 Å². The van der Waals surface area contributed by atoms with Crippen LogP contribution in [0.1, 0.15) is 15.9 Å². The number of aromatic hydroxyl groups is 2. The van der Waals surface area contributed by atoms with Gasteiger partial charge in [-0.1, -0.05) is 54.6 Å². The Kier molecular flexibility index (Phi) is 4.25. The highest BCUT2D eigenvalue weighted by Gasteiger charge is 2.30. The number of benzene rings is 4. The van der Waals surface area contributed by atoms with Gasteiger partial charge in [-0.25, -0.2) is 0 Å². The Hall–Kier alpha value is -4.05. The molecular formula is C26H19NO3. The molecule has 146 valence electrons. The third kappa shape index (κ3) is 2.99. The third-order valence-electron chi connectivity index (χ3n) is 5.49. The van der Waals surface area contributed by atoms with Crippen molar-refractivity contribution in [3.8, 4) is 33.8 Å². The zero-order chi connectivity index (χ0) is 20.7. The molecule has 0 radical (unpaired) electrons. The van der Waals surface area contributed by atoms with Crippen molar-refractivity contribution in [2.75, 3.05) is 4.90 Å². The lowest BCUT2D eigenvalue weighted by Crippen LogP contribution is -2.23. The molecule has 0 saturated carbocycles. The Bertz CT molecular complexity index is 1240. The minimum absolute atomic E-state index is 0.0199. The van der Waals surface area contributed by atoms with E-state index >= 15 is 0 Å². The Morgan fingerprint density at radius 1 is 0.633 bits per heavy atom. The molecule has 4 nitrogen and oxygen atoms in total. The Balaban J connectivity index is 1.72. The summed E-state index contributed by atoms with van der Waals surface area (Å²) in [5, 5.41) is 19.5. The van der Waals surface area contributed by atoms with Gasteiger partial charge in [0.05, 0.1) is 12.2 Å². The standard InChI is InChI=1S/C26H19NO3/c28-20-12-8-17(9-13-20)22-6-3-7-24(25(22)18-10-14-21(29)15-11-18)27-16-19-4-1-2-5-23(19)26(27)30/h1-15,28-29H,16H2. The number of amides is 1. The molecule has 0 bridgehead atoms. The quantitative estimate of drug-likeness (QED) is 0.477. The minimum Gasteiger partial charge on any atom is -0.508 e. The van der Waals surface area contributed by atoms with Crippen molar-refractivity contribution in [2.24, 2.45) is 0 Å². The minimum atomic E-state index is -0.0199. The van der Waals surface area contributed by atoms with E-state index in [1.54, 1.807) is 29.2 Å². The average Bonchev–Trinajstić information content (AvgIpc) is 3.11. The fourth-order valence-electron chi connectivity index (χ4n) is 4.03. The van der Waals surface area contributed by atoms with Crippen LogP contribution in [0.5, 0.6) is 11.5 Å². The molecular weight excluding hydrogens is 374 g/mol. The van der Waals surface area contributed by atoms with Crippen LogP contribution in [0, 0.1) is 0 Å². The molecule has 0 atom stereocenters. The molecule has 0 aromatic heterocycles. The van der Waals surface area contributed by atoms with Crippen molar-refractivity contribution in [2.45, 2.75) is 6.54 Å². The van der Waals surface area contributed by atoms with Gasteiger partial charge in [0.1, 0.15) is 11.5 Å². The number of fused-ring (bicyclic) bond motifs is 1. The smallest absolute Gasteiger partial charge is 0.258 e. The van der Waals surface area contributed by atoms with Crippen molar-refractivity contribution >= 4 is 11.6 Å². The first kappa shape index (κ1) is 18.0. The van der Waals surface area contributed by atoms with E-state index in [2.05, 4.69) is 0 Å². The van der Waals surface area contributed by atoms with E-state index in [1.165, 1.54) is 0 Å². The molecule has 0 aliphatic carbocycles. The summed E-state index contributed by atoms with van der Waals surface area (Å²) in [6.45, 7) is 0.513. The zero-order valence-electron chi connectivity index (χ0n) is 16.1. The predicted molar refractivity (Wildman–Crippen MR) is 118 cm³/mol. The van der Waals surface area contributed by atoms with Crippen LogP contribution in [0.15, 0.2) is 91.0 Å². The van der Waals surface area contributed by atoms with Crippen molar-refractivity contribution in [3.63, 3.8) is 0 Å². The van der Waals surface area contributed by atoms with Crippen LogP contribution in [-0.4, -0.2) is 16.1 Å². The summed E-state index contributed by atoms with van der Waals surface area (Å²) in [7, 11) is 0. The third-order valence-corrected chi connectivity index (χ3v) is 5.49. The lowest BCUT2D eigenvalue weighted by atomic mass is 9.92. The fourth-order valence-corrected chi connectivity index (χ4v) is 4.03. The molecule has 1 aliphatic rings. The monoisotopic (exact) mass is 393 g/mol. The number of anilines is 1. The SMILES string of the molecule is O=C1c2ccccc2CN1c1cccc(-c2ccc(O)cc2)c1-c1ccc(O)cc1. The molecule has 2 N–H and O–H groups in total. The first-order valence-corrected chi connectivity index (χ1v) is 9.73. The lowest BCUT2D eigenvalue weighted by molar-refractivity contribution is 0.0996. The van der Waals surface area contributed by atoms with Crippen LogP contribution in [0.3, 0.4) is 0 Å². The second-order valence-electron chi connectivity index (χ2n) is 7.34. The van der Waals surface area contributed by atoms with Gasteiger partial charge in [-0.2, -0.15) is 0 Å². The van der Waals surface area contributed by atoms with E-state index in [9.17, 15) is 15.0 Å². The van der Waals surface area contributed by atoms with Gasteiger partial charge in [-0.3, -0.25) is 4.79 Å². The van der Waals surface area contributed by atoms with E-state index < -0.39 is 0 Å². The fraction of sp³-hybridized carbons (Fsp3) is 0.0385. The molecule has 4 aromatic carbocycles. The summed E-state index contributed by atoms with van der Waals surface area (Å²) in [4.78, 5) is 15.0. The second kappa shape index (κ2) is 7.08. The largest absolute Gasteiger partial charge is 0.508 e. The molecule has 1 amide bonds. The Labute approximate surface area is 174 Å². The number of carbonyl (C=O) groups is 1. The van der Waals surface area contributed by atoms with E-state index in [4.69, 9.17) is 0 Å². The summed E-state index contributed by atoms with van der Waals surface area (Å²) in [5.41, 5.74) is 6.23.